The zero-order chi connectivity index (χ0) is 14.1. The molecule has 0 saturated heterocycles. The van der Waals surface area contributed by atoms with Gasteiger partial charge >= 0.3 is 0 Å². The van der Waals surface area contributed by atoms with Crippen LogP contribution in [0.1, 0.15) is 5.56 Å². The third kappa shape index (κ3) is 2.30. The molecule has 0 spiro atoms. The topological polar surface area (TPSA) is 37.8 Å². The van der Waals surface area contributed by atoms with Crippen LogP contribution in [-0.4, -0.2) is 9.97 Å². The van der Waals surface area contributed by atoms with Gasteiger partial charge in [0.05, 0.1) is 0 Å². The Labute approximate surface area is 120 Å². The Balaban J connectivity index is 2.06. The maximum absolute atomic E-state index is 13.7. The molecule has 0 unspecified atom stereocenters. The van der Waals surface area contributed by atoms with Gasteiger partial charge in [-0.25, -0.2) is 14.4 Å². The second-order valence-electron chi connectivity index (χ2n) is 4.45. The molecule has 1 heterocycles. The molecule has 3 rings (SSSR count). The third-order valence-corrected chi connectivity index (χ3v) is 3.46. The van der Waals surface area contributed by atoms with Gasteiger partial charge in [0.25, 0.3) is 0 Å². The fraction of sp³-hybridized carbons (Fsp3) is 0.0667. The predicted molar refractivity (Wildman–Crippen MR) is 79.0 cm³/mol. The summed E-state index contributed by atoms with van der Waals surface area (Å²) in [5.74, 6) is 0.185. The zero-order valence-electron chi connectivity index (χ0n) is 10.7. The summed E-state index contributed by atoms with van der Waals surface area (Å²) >= 11 is 6.09. The minimum absolute atomic E-state index is 0.295. The summed E-state index contributed by atoms with van der Waals surface area (Å²) in [5.41, 5.74) is 2.09. The average molecular weight is 288 g/mol. The summed E-state index contributed by atoms with van der Waals surface area (Å²) in [6, 6.07) is 10.4. The van der Waals surface area contributed by atoms with Gasteiger partial charge in [-0.05, 0) is 36.8 Å². The Morgan fingerprint density at radius 1 is 1.15 bits per heavy atom. The van der Waals surface area contributed by atoms with Crippen molar-refractivity contribution < 1.29 is 4.39 Å². The number of aryl methyl sites for hydroxylation is 1. The molecule has 0 atom stereocenters. The molecule has 20 heavy (non-hydrogen) atoms. The molecule has 0 saturated carbocycles. The molecule has 3 aromatic rings. The minimum atomic E-state index is -0.366. The first kappa shape index (κ1) is 12.8. The molecule has 3 nitrogen and oxygen atoms in total. The second kappa shape index (κ2) is 5.06. The predicted octanol–water partition coefficient (Wildman–Crippen LogP) is 4.47. The average Bonchev–Trinajstić information content (AvgIpc) is 2.44. The van der Waals surface area contributed by atoms with E-state index in [4.69, 9.17) is 11.6 Å². The number of fused-ring (bicyclic) bond motifs is 1. The Kier molecular flexibility index (Phi) is 3.24. The van der Waals surface area contributed by atoms with Crippen LogP contribution in [0.15, 0.2) is 42.7 Å². The largest absolute Gasteiger partial charge is 0.340 e. The molecule has 0 fully saturated rings. The minimum Gasteiger partial charge on any atom is -0.340 e. The summed E-state index contributed by atoms with van der Waals surface area (Å²) < 4.78 is 13.7. The van der Waals surface area contributed by atoms with Crippen LogP contribution in [0.25, 0.3) is 10.9 Å². The first-order valence-corrected chi connectivity index (χ1v) is 6.45. The van der Waals surface area contributed by atoms with Gasteiger partial charge in [-0.1, -0.05) is 23.7 Å². The van der Waals surface area contributed by atoms with Gasteiger partial charge in [0.1, 0.15) is 23.5 Å². The molecule has 0 bridgehead atoms. The summed E-state index contributed by atoms with van der Waals surface area (Å²) in [5, 5.41) is 4.44. The molecule has 5 heteroatoms. The van der Waals surface area contributed by atoms with Gasteiger partial charge in [0.2, 0.25) is 0 Å². The van der Waals surface area contributed by atoms with Gasteiger partial charge in [0, 0.05) is 16.1 Å². The number of aromatic nitrogens is 2. The SMILES string of the molecule is Cc1ccc(Nc2ncnc3c(F)cccc23)cc1Cl. The monoisotopic (exact) mass is 287 g/mol. The number of hydrogen-bond donors (Lipinski definition) is 1. The lowest BCUT2D eigenvalue weighted by Gasteiger charge is -2.09. The van der Waals surface area contributed by atoms with E-state index in [0.29, 0.717) is 21.7 Å². The molecule has 0 aliphatic carbocycles. The fourth-order valence-electron chi connectivity index (χ4n) is 1.96. The van der Waals surface area contributed by atoms with E-state index in [1.54, 1.807) is 12.1 Å². The van der Waals surface area contributed by atoms with Crippen molar-refractivity contribution >= 4 is 34.0 Å². The highest BCUT2D eigenvalue weighted by Crippen LogP contribution is 2.26. The number of anilines is 2. The van der Waals surface area contributed by atoms with E-state index >= 15 is 0 Å². The van der Waals surface area contributed by atoms with Crippen molar-refractivity contribution in [2.45, 2.75) is 6.92 Å². The van der Waals surface area contributed by atoms with E-state index in [1.807, 2.05) is 25.1 Å². The Morgan fingerprint density at radius 3 is 2.80 bits per heavy atom. The maximum Gasteiger partial charge on any atom is 0.149 e. The van der Waals surface area contributed by atoms with E-state index in [-0.39, 0.29) is 5.82 Å². The van der Waals surface area contributed by atoms with Crippen molar-refractivity contribution in [2.24, 2.45) is 0 Å². The van der Waals surface area contributed by atoms with Gasteiger partial charge in [0.15, 0.2) is 0 Å². The first-order chi connectivity index (χ1) is 9.65. The maximum atomic E-state index is 13.7. The molecular weight excluding hydrogens is 277 g/mol. The van der Waals surface area contributed by atoms with E-state index in [9.17, 15) is 4.39 Å². The van der Waals surface area contributed by atoms with Crippen molar-refractivity contribution in [3.63, 3.8) is 0 Å². The van der Waals surface area contributed by atoms with Crippen molar-refractivity contribution in [2.75, 3.05) is 5.32 Å². The van der Waals surface area contributed by atoms with Crippen molar-refractivity contribution in [3.8, 4) is 0 Å². The highest BCUT2D eigenvalue weighted by atomic mass is 35.5. The van der Waals surface area contributed by atoms with E-state index in [2.05, 4.69) is 15.3 Å². The Hall–Kier alpha value is -2.20. The molecule has 1 N–H and O–H groups in total. The van der Waals surface area contributed by atoms with Crippen LogP contribution in [0.5, 0.6) is 0 Å². The zero-order valence-corrected chi connectivity index (χ0v) is 11.4. The highest BCUT2D eigenvalue weighted by molar-refractivity contribution is 6.31. The van der Waals surface area contributed by atoms with Crippen molar-refractivity contribution in [1.29, 1.82) is 0 Å². The van der Waals surface area contributed by atoms with E-state index in [1.165, 1.54) is 12.4 Å². The van der Waals surface area contributed by atoms with Gasteiger partial charge in [-0.2, -0.15) is 0 Å². The number of nitrogens with zero attached hydrogens (tertiary/aromatic N) is 2. The summed E-state index contributed by atoms with van der Waals surface area (Å²) in [4.78, 5) is 8.13. The van der Waals surface area contributed by atoms with Crippen LogP contribution in [-0.2, 0) is 0 Å². The molecular formula is C15H11ClFN3. The lowest BCUT2D eigenvalue weighted by atomic mass is 10.2. The Morgan fingerprint density at radius 2 is 2.00 bits per heavy atom. The molecule has 0 aliphatic rings. The summed E-state index contributed by atoms with van der Waals surface area (Å²) in [7, 11) is 0. The van der Waals surface area contributed by atoms with Gasteiger partial charge < -0.3 is 5.32 Å². The number of rotatable bonds is 2. The van der Waals surface area contributed by atoms with Crippen LogP contribution in [0.3, 0.4) is 0 Å². The molecule has 0 amide bonds. The summed E-state index contributed by atoms with van der Waals surface area (Å²) in [6.07, 6.45) is 1.34. The first-order valence-electron chi connectivity index (χ1n) is 6.07. The van der Waals surface area contributed by atoms with E-state index < -0.39 is 0 Å². The quantitative estimate of drug-likeness (QED) is 0.755. The normalized spacial score (nSPS) is 10.8. The number of hydrogen-bond acceptors (Lipinski definition) is 3. The highest BCUT2D eigenvalue weighted by Gasteiger charge is 2.08. The number of nitrogens with one attached hydrogen (secondary N) is 1. The molecule has 100 valence electrons. The lowest BCUT2D eigenvalue weighted by molar-refractivity contribution is 0.636. The molecule has 0 aliphatic heterocycles. The number of halogens is 2. The third-order valence-electron chi connectivity index (χ3n) is 3.05. The molecule has 0 radical (unpaired) electrons. The van der Waals surface area contributed by atoms with Crippen molar-refractivity contribution in [1.82, 2.24) is 9.97 Å². The van der Waals surface area contributed by atoms with Crippen LogP contribution in [0.2, 0.25) is 5.02 Å². The van der Waals surface area contributed by atoms with E-state index in [0.717, 1.165) is 11.3 Å². The van der Waals surface area contributed by atoms with Crippen LogP contribution < -0.4 is 5.32 Å². The molecule has 2 aromatic carbocycles. The van der Waals surface area contributed by atoms with Gasteiger partial charge in [-0.3, -0.25) is 0 Å². The Bertz CT molecular complexity index is 789. The summed E-state index contributed by atoms with van der Waals surface area (Å²) in [6.45, 7) is 1.93. The molecule has 1 aromatic heterocycles. The lowest BCUT2D eigenvalue weighted by Crippen LogP contribution is -1.97. The second-order valence-corrected chi connectivity index (χ2v) is 4.85. The van der Waals surface area contributed by atoms with Crippen molar-refractivity contribution in [3.05, 3.63) is 59.1 Å². The standard InChI is InChI=1S/C15H11ClFN3/c1-9-5-6-10(7-12(9)16)20-15-11-3-2-4-13(17)14(11)18-8-19-15/h2-8H,1H3,(H,18,19,20). The van der Waals surface area contributed by atoms with Gasteiger partial charge in [-0.15, -0.1) is 0 Å². The van der Waals surface area contributed by atoms with Crippen LogP contribution in [0.4, 0.5) is 15.9 Å². The fourth-order valence-corrected chi connectivity index (χ4v) is 2.14. The van der Waals surface area contributed by atoms with Crippen LogP contribution >= 0.6 is 11.6 Å². The number of para-hydroxylation sites is 1. The van der Waals surface area contributed by atoms with Crippen LogP contribution in [0, 0.1) is 12.7 Å². The smallest absolute Gasteiger partial charge is 0.149 e. The number of benzene rings is 2.